The first-order valence-electron chi connectivity index (χ1n) is 6.21. The van der Waals surface area contributed by atoms with Gasteiger partial charge in [-0.25, -0.2) is 4.79 Å². The summed E-state index contributed by atoms with van der Waals surface area (Å²) in [6.07, 6.45) is 6.45. The molecule has 1 heterocycles. The summed E-state index contributed by atoms with van der Waals surface area (Å²) in [4.78, 5) is 24.5. The Morgan fingerprint density at radius 1 is 1.19 bits per heavy atom. The normalized spacial score (nSPS) is 25.5. The second-order valence-electron chi connectivity index (χ2n) is 4.92. The van der Waals surface area contributed by atoms with Crippen molar-refractivity contribution in [1.82, 2.24) is 4.90 Å². The fourth-order valence-electron chi connectivity index (χ4n) is 2.36. The van der Waals surface area contributed by atoms with E-state index in [4.69, 9.17) is 5.11 Å². The molecule has 0 radical (unpaired) electrons. The van der Waals surface area contributed by atoms with E-state index in [-0.39, 0.29) is 5.91 Å². The van der Waals surface area contributed by atoms with Crippen molar-refractivity contribution in [1.29, 1.82) is 0 Å². The van der Waals surface area contributed by atoms with Gasteiger partial charge in [-0.2, -0.15) is 0 Å². The van der Waals surface area contributed by atoms with Gasteiger partial charge in [0.15, 0.2) is 0 Å². The van der Waals surface area contributed by atoms with Gasteiger partial charge in [0.2, 0.25) is 5.91 Å². The van der Waals surface area contributed by atoms with Crippen LogP contribution in [0.5, 0.6) is 0 Å². The first kappa shape index (κ1) is 11.4. The molecule has 2 rings (SSSR count). The second-order valence-corrected chi connectivity index (χ2v) is 4.92. The largest absolute Gasteiger partial charge is 0.480 e. The van der Waals surface area contributed by atoms with E-state index in [0.717, 1.165) is 25.2 Å². The van der Waals surface area contributed by atoms with Gasteiger partial charge >= 0.3 is 5.97 Å². The summed E-state index contributed by atoms with van der Waals surface area (Å²) in [5.41, 5.74) is 0. The van der Waals surface area contributed by atoms with Crippen LogP contribution in [0.1, 0.15) is 44.9 Å². The Hall–Kier alpha value is -1.06. The number of aliphatic carboxylic acids is 1. The topological polar surface area (TPSA) is 57.6 Å². The maximum atomic E-state index is 11.9. The molecule has 1 unspecified atom stereocenters. The molecular weight excluding hydrogens is 206 g/mol. The molecule has 1 saturated carbocycles. The summed E-state index contributed by atoms with van der Waals surface area (Å²) in [6, 6.07) is -0.569. The summed E-state index contributed by atoms with van der Waals surface area (Å²) in [7, 11) is 0. The summed E-state index contributed by atoms with van der Waals surface area (Å²) in [6.45, 7) is 0.625. The van der Waals surface area contributed by atoms with Crippen LogP contribution in [-0.4, -0.2) is 34.5 Å². The van der Waals surface area contributed by atoms with Gasteiger partial charge in [0, 0.05) is 13.0 Å². The van der Waals surface area contributed by atoms with Gasteiger partial charge in [0.1, 0.15) is 6.04 Å². The Kier molecular flexibility index (Phi) is 3.46. The predicted molar refractivity (Wildman–Crippen MR) is 58.9 cm³/mol. The second kappa shape index (κ2) is 4.85. The highest BCUT2D eigenvalue weighted by Gasteiger charge is 2.32. The van der Waals surface area contributed by atoms with Gasteiger partial charge in [0.25, 0.3) is 0 Å². The van der Waals surface area contributed by atoms with E-state index in [1.54, 1.807) is 4.90 Å². The van der Waals surface area contributed by atoms with E-state index >= 15 is 0 Å². The quantitative estimate of drug-likeness (QED) is 0.791. The first-order chi connectivity index (χ1) is 7.68. The highest BCUT2D eigenvalue weighted by atomic mass is 16.4. The SMILES string of the molecule is O=C(O)C1CCCCN1C(=O)CCC1CC1. The third-order valence-corrected chi connectivity index (χ3v) is 3.57. The van der Waals surface area contributed by atoms with Crippen molar-refractivity contribution in [2.24, 2.45) is 5.92 Å². The van der Waals surface area contributed by atoms with E-state index in [0.29, 0.717) is 19.4 Å². The molecule has 1 N–H and O–H groups in total. The molecule has 16 heavy (non-hydrogen) atoms. The van der Waals surface area contributed by atoms with Crippen LogP contribution >= 0.6 is 0 Å². The van der Waals surface area contributed by atoms with Crippen molar-refractivity contribution in [2.75, 3.05) is 6.54 Å². The van der Waals surface area contributed by atoms with Crippen molar-refractivity contribution in [3.63, 3.8) is 0 Å². The number of likely N-dealkylation sites (tertiary alicyclic amines) is 1. The Balaban J connectivity index is 1.87. The number of amides is 1. The summed E-state index contributed by atoms with van der Waals surface area (Å²) < 4.78 is 0. The summed E-state index contributed by atoms with van der Waals surface area (Å²) in [5.74, 6) is -0.0736. The Bertz CT molecular complexity index is 286. The minimum atomic E-state index is -0.848. The van der Waals surface area contributed by atoms with Crippen LogP contribution in [0.15, 0.2) is 0 Å². The van der Waals surface area contributed by atoms with Crippen LogP contribution < -0.4 is 0 Å². The van der Waals surface area contributed by atoms with Crippen LogP contribution in [0.4, 0.5) is 0 Å². The minimum absolute atomic E-state index is 0.0407. The zero-order valence-corrected chi connectivity index (χ0v) is 9.52. The molecule has 2 aliphatic rings. The molecule has 1 aliphatic carbocycles. The third kappa shape index (κ3) is 2.74. The predicted octanol–water partition coefficient (Wildman–Crippen LogP) is 1.64. The fourth-order valence-corrected chi connectivity index (χ4v) is 2.36. The lowest BCUT2D eigenvalue weighted by atomic mass is 10.0. The molecule has 1 saturated heterocycles. The van der Waals surface area contributed by atoms with Gasteiger partial charge in [-0.05, 0) is 31.6 Å². The van der Waals surface area contributed by atoms with Crippen LogP contribution in [0.3, 0.4) is 0 Å². The van der Waals surface area contributed by atoms with Crippen molar-refractivity contribution < 1.29 is 14.7 Å². The number of carbonyl (C=O) groups excluding carboxylic acids is 1. The third-order valence-electron chi connectivity index (χ3n) is 3.57. The van der Waals surface area contributed by atoms with E-state index in [1.807, 2.05) is 0 Å². The zero-order chi connectivity index (χ0) is 11.5. The fraction of sp³-hybridized carbons (Fsp3) is 0.833. The lowest BCUT2D eigenvalue weighted by Gasteiger charge is -2.33. The van der Waals surface area contributed by atoms with E-state index in [9.17, 15) is 9.59 Å². The smallest absolute Gasteiger partial charge is 0.326 e. The monoisotopic (exact) mass is 225 g/mol. The molecule has 1 amide bonds. The molecule has 1 atom stereocenters. The summed E-state index contributed by atoms with van der Waals surface area (Å²) in [5, 5.41) is 9.05. The maximum Gasteiger partial charge on any atom is 0.326 e. The first-order valence-corrected chi connectivity index (χ1v) is 6.21. The lowest BCUT2D eigenvalue weighted by Crippen LogP contribution is -2.47. The van der Waals surface area contributed by atoms with Crippen LogP contribution in [0, 0.1) is 5.92 Å². The van der Waals surface area contributed by atoms with E-state index in [1.165, 1.54) is 12.8 Å². The molecule has 2 fully saturated rings. The van der Waals surface area contributed by atoms with E-state index in [2.05, 4.69) is 0 Å². The van der Waals surface area contributed by atoms with Crippen LogP contribution in [0.2, 0.25) is 0 Å². The molecule has 4 nitrogen and oxygen atoms in total. The van der Waals surface area contributed by atoms with Crippen molar-refractivity contribution in [3.8, 4) is 0 Å². The molecule has 0 bridgehead atoms. The lowest BCUT2D eigenvalue weighted by molar-refractivity contribution is -0.152. The zero-order valence-electron chi connectivity index (χ0n) is 9.52. The number of carboxylic acid groups (broad SMARTS) is 1. The number of carbonyl (C=O) groups is 2. The molecule has 0 spiro atoms. The molecule has 1 aliphatic heterocycles. The standard InChI is InChI=1S/C12H19NO3/c14-11(7-6-9-4-5-9)13-8-2-1-3-10(13)12(15)16/h9-10H,1-8H2,(H,15,16). The molecule has 0 aromatic heterocycles. The molecule has 90 valence electrons. The van der Waals surface area contributed by atoms with Gasteiger partial charge < -0.3 is 10.0 Å². The number of rotatable bonds is 4. The molecular formula is C12H19NO3. The molecule has 0 aromatic carbocycles. The minimum Gasteiger partial charge on any atom is -0.480 e. The average Bonchev–Trinajstić information content (AvgIpc) is 3.09. The number of piperidine rings is 1. The number of carboxylic acids is 1. The molecule has 0 aromatic rings. The number of nitrogens with zero attached hydrogens (tertiary/aromatic N) is 1. The van der Waals surface area contributed by atoms with Gasteiger partial charge in [0.05, 0.1) is 0 Å². The number of hydrogen-bond donors (Lipinski definition) is 1. The van der Waals surface area contributed by atoms with Gasteiger partial charge in [-0.1, -0.05) is 12.8 Å². The summed E-state index contributed by atoms with van der Waals surface area (Å²) >= 11 is 0. The van der Waals surface area contributed by atoms with Gasteiger partial charge in [-0.3, -0.25) is 4.79 Å². The Morgan fingerprint density at radius 3 is 2.56 bits per heavy atom. The Morgan fingerprint density at radius 2 is 1.94 bits per heavy atom. The number of hydrogen-bond acceptors (Lipinski definition) is 2. The molecule has 4 heteroatoms. The van der Waals surface area contributed by atoms with Gasteiger partial charge in [-0.15, -0.1) is 0 Å². The Labute approximate surface area is 95.6 Å². The van der Waals surface area contributed by atoms with Crippen molar-refractivity contribution in [2.45, 2.75) is 51.0 Å². The van der Waals surface area contributed by atoms with Crippen molar-refractivity contribution >= 4 is 11.9 Å². The average molecular weight is 225 g/mol. The van der Waals surface area contributed by atoms with Crippen molar-refractivity contribution in [3.05, 3.63) is 0 Å². The van der Waals surface area contributed by atoms with E-state index < -0.39 is 12.0 Å². The van der Waals surface area contributed by atoms with Crippen LogP contribution in [0.25, 0.3) is 0 Å². The van der Waals surface area contributed by atoms with Crippen LogP contribution in [-0.2, 0) is 9.59 Å². The highest BCUT2D eigenvalue weighted by Crippen LogP contribution is 2.34. The maximum absolute atomic E-state index is 11.9. The highest BCUT2D eigenvalue weighted by molar-refractivity contribution is 5.83.